The molecule has 1 saturated heterocycles. The second-order valence-corrected chi connectivity index (χ2v) is 9.53. The molecule has 0 saturated carbocycles. The molecule has 0 aromatic carbocycles. The predicted molar refractivity (Wildman–Crippen MR) is 114 cm³/mol. The van der Waals surface area contributed by atoms with Gasteiger partial charge in [0.05, 0.1) is 10.0 Å². The van der Waals surface area contributed by atoms with Crippen molar-refractivity contribution in [2.75, 3.05) is 36.8 Å². The number of piperazine rings is 1. The van der Waals surface area contributed by atoms with E-state index in [1.54, 1.807) is 42.7 Å². The summed E-state index contributed by atoms with van der Waals surface area (Å²) in [6, 6.07) is 7.63. The number of anilines is 1. The van der Waals surface area contributed by atoms with Crippen LogP contribution in [0.25, 0.3) is 0 Å². The number of rotatable bonds is 8. The van der Waals surface area contributed by atoms with Crippen molar-refractivity contribution < 1.29 is 18.4 Å². The Bertz CT molecular complexity index is 940. The summed E-state index contributed by atoms with van der Waals surface area (Å²) in [4.78, 5) is 22.3. The number of nitrogens with zero attached hydrogens (tertiary/aromatic N) is 4. The number of thioether (sulfide) groups is 1. The molecule has 1 unspecified atom stereocenters. The molecule has 3 N–H and O–H groups in total. The molecule has 0 radical (unpaired) electrons. The van der Waals surface area contributed by atoms with Crippen molar-refractivity contribution in [2.45, 2.75) is 11.1 Å². The van der Waals surface area contributed by atoms with E-state index in [2.05, 4.69) is 14.7 Å². The third-order valence-electron chi connectivity index (χ3n) is 4.37. The molecular formula is C17H21ClN6O4S2. The van der Waals surface area contributed by atoms with Crippen LogP contribution in [-0.4, -0.2) is 71.8 Å². The second-order valence-electron chi connectivity index (χ2n) is 6.35. The molecule has 13 heteroatoms. The number of amides is 1. The Kier molecular flexibility index (Phi) is 7.86. The van der Waals surface area contributed by atoms with E-state index in [1.165, 1.54) is 21.5 Å². The summed E-state index contributed by atoms with van der Waals surface area (Å²) in [7, 11) is -3.94. The minimum Gasteiger partial charge on any atom is -0.354 e. The summed E-state index contributed by atoms with van der Waals surface area (Å²) in [5.74, 6) is -0.0585. The van der Waals surface area contributed by atoms with Crippen molar-refractivity contribution in [3.8, 4) is 0 Å². The van der Waals surface area contributed by atoms with Gasteiger partial charge in [0.2, 0.25) is 0 Å². The van der Waals surface area contributed by atoms with Crippen molar-refractivity contribution in [1.29, 1.82) is 0 Å². The largest absolute Gasteiger partial charge is 0.354 e. The molecule has 0 spiro atoms. The Labute approximate surface area is 183 Å². The van der Waals surface area contributed by atoms with E-state index in [0.29, 0.717) is 29.0 Å². The highest BCUT2D eigenvalue weighted by atomic mass is 35.5. The second kappa shape index (κ2) is 10.4. The molecule has 0 bridgehead atoms. The molecule has 2 aromatic rings. The SMILES string of the molecule is O=C(NO)C(CSc1ccccn1)NS(=O)(=O)N1CCN(c2ccc(Cl)cn2)CC1. The topological polar surface area (TPSA) is 128 Å². The number of aromatic nitrogens is 2. The van der Waals surface area contributed by atoms with Crippen LogP contribution in [0.3, 0.4) is 0 Å². The average Bonchev–Trinajstić information content (AvgIpc) is 2.77. The molecule has 1 aliphatic heterocycles. The first-order valence-electron chi connectivity index (χ1n) is 9.01. The molecular weight excluding hydrogens is 452 g/mol. The van der Waals surface area contributed by atoms with Crippen LogP contribution in [0.4, 0.5) is 5.82 Å². The average molecular weight is 473 g/mol. The van der Waals surface area contributed by atoms with E-state index in [-0.39, 0.29) is 18.8 Å². The summed E-state index contributed by atoms with van der Waals surface area (Å²) in [5.41, 5.74) is 1.51. The van der Waals surface area contributed by atoms with Gasteiger partial charge in [-0.1, -0.05) is 17.7 Å². The quantitative estimate of drug-likeness (QED) is 0.292. The van der Waals surface area contributed by atoms with Crippen molar-refractivity contribution in [2.24, 2.45) is 0 Å². The minimum atomic E-state index is -3.94. The van der Waals surface area contributed by atoms with Crippen molar-refractivity contribution in [3.05, 3.63) is 47.7 Å². The molecule has 3 heterocycles. The van der Waals surface area contributed by atoms with Crippen LogP contribution < -0.4 is 15.1 Å². The van der Waals surface area contributed by atoms with Gasteiger partial charge in [0.25, 0.3) is 16.1 Å². The summed E-state index contributed by atoms with van der Waals surface area (Å²) in [6.07, 6.45) is 3.14. The molecule has 1 atom stereocenters. The standard InChI is InChI=1S/C17H21ClN6O4S2/c18-13-4-5-15(20-11-13)23-7-9-24(10-8-23)30(27,28)22-14(17(25)21-26)12-29-16-3-1-2-6-19-16/h1-6,11,14,22,26H,7-10,12H2,(H,21,25). The number of hydrogen-bond donors (Lipinski definition) is 3. The van der Waals surface area contributed by atoms with Gasteiger partial charge >= 0.3 is 0 Å². The lowest BCUT2D eigenvalue weighted by Gasteiger charge is -2.35. The van der Waals surface area contributed by atoms with Crippen LogP contribution in [0.15, 0.2) is 47.8 Å². The van der Waals surface area contributed by atoms with E-state index in [4.69, 9.17) is 16.8 Å². The molecule has 162 valence electrons. The maximum Gasteiger partial charge on any atom is 0.280 e. The van der Waals surface area contributed by atoms with Gasteiger partial charge < -0.3 is 4.90 Å². The van der Waals surface area contributed by atoms with Crippen LogP contribution in [0.2, 0.25) is 5.02 Å². The zero-order valence-corrected chi connectivity index (χ0v) is 18.2. The fourth-order valence-electron chi connectivity index (χ4n) is 2.81. The number of carbonyl (C=O) groups excluding carboxylic acids is 1. The minimum absolute atomic E-state index is 0.0668. The highest BCUT2D eigenvalue weighted by Gasteiger charge is 2.32. The Balaban J connectivity index is 1.60. The van der Waals surface area contributed by atoms with Gasteiger partial charge in [-0.25, -0.2) is 15.4 Å². The Hall–Kier alpha value is -1.96. The Morgan fingerprint density at radius 2 is 1.97 bits per heavy atom. The summed E-state index contributed by atoms with van der Waals surface area (Å²) in [6.45, 7) is 1.32. The molecule has 1 aliphatic rings. The Morgan fingerprint density at radius 1 is 1.20 bits per heavy atom. The zero-order valence-electron chi connectivity index (χ0n) is 15.8. The number of nitrogens with one attached hydrogen (secondary N) is 2. The van der Waals surface area contributed by atoms with Crippen molar-refractivity contribution in [3.63, 3.8) is 0 Å². The van der Waals surface area contributed by atoms with E-state index in [9.17, 15) is 13.2 Å². The molecule has 10 nitrogen and oxygen atoms in total. The van der Waals surface area contributed by atoms with Gasteiger partial charge in [-0.3, -0.25) is 10.0 Å². The molecule has 3 rings (SSSR count). The summed E-state index contributed by atoms with van der Waals surface area (Å²) in [5, 5.41) is 10.2. The van der Waals surface area contributed by atoms with Crippen LogP contribution in [0, 0.1) is 0 Å². The van der Waals surface area contributed by atoms with Crippen LogP contribution in [0.1, 0.15) is 0 Å². The van der Waals surface area contributed by atoms with E-state index in [0.717, 1.165) is 0 Å². The first-order valence-corrected chi connectivity index (χ1v) is 11.8. The third kappa shape index (κ3) is 6.03. The number of hydroxylamine groups is 1. The fourth-order valence-corrected chi connectivity index (χ4v) is 5.25. The fraction of sp³-hybridized carbons (Fsp3) is 0.353. The van der Waals surface area contributed by atoms with Gasteiger partial charge in [0.1, 0.15) is 11.9 Å². The van der Waals surface area contributed by atoms with Crippen LogP contribution >= 0.6 is 23.4 Å². The molecule has 30 heavy (non-hydrogen) atoms. The highest BCUT2D eigenvalue weighted by molar-refractivity contribution is 7.99. The Morgan fingerprint density at radius 3 is 2.57 bits per heavy atom. The predicted octanol–water partition coefficient (Wildman–Crippen LogP) is 0.753. The van der Waals surface area contributed by atoms with E-state index < -0.39 is 22.2 Å². The highest BCUT2D eigenvalue weighted by Crippen LogP contribution is 2.18. The van der Waals surface area contributed by atoms with Gasteiger partial charge in [-0.15, -0.1) is 11.8 Å². The van der Waals surface area contributed by atoms with Gasteiger partial charge in [-0.05, 0) is 24.3 Å². The van der Waals surface area contributed by atoms with Crippen LogP contribution in [0.5, 0.6) is 0 Å². The lowest BCUT2D eigenvalue weighted by molar-refractivity contribution is -0.130. The van der Waals surface area contributed by atoms with Crippen molar-refractivity contribution >= 4 is 45.3 Å². The molecule has 1 fully saturated rings. The third-order valence-corrected chi connectivity index (χ3v) is 7.26. The van der Waals surface area contributed by atoms with Crippen LogP contribution in [-0.2, 0) is 15.0 Å². The first kappa shape index (κ1) is 22.7. The molecule has 1 amide bonds. The zero-order chi connectivity index (χ0) is 21.6. The molecule has 0 aliphatic carbocycles. The lowest BCUT2D eigenvalue weighted by atomic mass is 10.3. The lowest BCUT2D eigenvalue weighted by Crippen LogP contribution is -2.56. The van der Waals surface area contributed by atoms with Gasteiger partial charge in [-0.2, -0.15) is 17.4 Å². The van der Waals surface area contributed by atoms with Gasteiger partial charge in [0, 0.05) is 44.3 Å². The van der Waals surface area contributed by atoms with Crippen molar-refractivity contribution in [1.82, 2.24) is 24.5 Å². The summed E-state index contributed by atoms with van der Waals surface area (Å²) >= 11 is 7.05. The molecule has 2 aromatic heterocycles. The number of carbonyl (C=O) groups is 1. The smallest absolute Gasteiger partial charge is 0.280 e. The summed E-state index contributed by atoms with van der Waals surface area (Å²) < 4.78 is 29.2. The number of halogens is 1. The number of pyridine rings is 2. The van der Waals surface area contributed by atoms with E-state index >= 15 is 0 Å². The van der Waals surface area contributed by atoms with Gasteiger partial charge in [0.15, 0.2) is 0 Å². The number of hydrogen-bond acceptors (Lipinski definition) is 8. The first-order chi connectivity index (χ1) is 14.4. The normalized spacial score (nSPS) is 16.3. The monoisotopic (exact) mass is 472 g/mol. The maximum absolute atomic E-state index is 12.8. The van der Waals surface area contributed by atoms with E-state index in [1.807, 2.05) is 4.90 Å². The maximum atomic E-state index is 12.8.